The molecule has 17 nitrogen and oxygen atoms in total. The van der Waals surface area contributed by atoms with Gasteiger partial charge in [0, 0.05) is 49.0 Å². The molecule has 0 bridgehead atoms. The van der Waals surface area contributed by atoms with E-state index < -0.39 is 53.7 Å². The third-order valence-electron chi connectivity index (χ3n) is 8.91. The zero-order chi connectivity index (χ0) is 42.7. The van der Waals surface area contributed by atoms with Crippen molar-refractivity contribution in [2.75, 3.05) is 45.3 Å². The molecule has 0 spiro atoms. The molecule has 0 saturated carbocycles. The summed E-state index contributed by atoms with van der Waals surface area (Å²) in [6.45, 7) is 6.59. The van der Waals surface area contributed by atoms with Crippen molar-refractivity contribution in [3.63, 3.8) is 0 Å². The Morgan fingerprint density at radius 3 is 2.25 bits per heavy atom. The summed E-state index contributed by atoms with van der Waals surface area (Å²) < 4.78 is 27.3. The van der Waals surface area contributed by atoms with E-state index in [1.54, 1.807) is 76.4 Å². The van der Waals surface area contributed by atoms with Gasteiger partial charge in [-0.15, -0.1) is 0 Å². The van der Waals surface area contributed by atoms with Crippen molar-refractivity contribution in [3.05, 3.63) is 106 Å². The van der Waals surface area contributed by atoms with E-state index in [9.17, 15) is 28.8 Å². The number of benzene rings is 3. The number of rotatable bonds is 22. The van der Waals surface area contributed by atoms with Crippen LogP contribution in [-0.4, -0.2) is 81.9 Å². The Bertz CT molecular complexity index is 2080. The summed E-state index contributed by atoms with van der Waals surface area (Å²) in [4.78, 5) is 76.7. The number of aryl methyl sites for hydroxylation is 1. The summed E-state index contributed by atoms with van der Waals surface area (Å²) in [6.07, 6.45) is -1.58. The number of carbonyl (C=O) groups is 5. The van der Waals surface area contributed by atoms with E-state index in [1.807, 2.05) is 18.2 Å². The SMILES string of the molecule is COCCOCCNC(=O)C(Oc1ccc2c(C)cc(=O)oc2c1)c1ccc(NC(=O)C(CCCNC(N)=O)NC(=O)C(NC(=O)OCc2ccccc2)C(C)C)cc1. The van der Waals surface area contributed by atoms with Gasteiger partial charge in [-0.1, -0.05) is 56.3 Å². The van der Waals surface area contributed by atoms with Crippen LogP contribution in [0.1, 0.15) is 49.5 Å². The minimum Gasteiger partial charge on any atom is -0.476 e. The number of alkyl carbamates (subject to hydrolysis) is 1. The molecule has 0 radical (unpaired) electrons. The molecule has 0 aliphatic rings. The number of nitrogens with two attached hydrogens (primary N) is 1. The van der Waals surface area contributed by atoms with Crippen molar-refractivity contribution in [1.82, 2.24) is 21.3 Å². The summed E-state index contributed by atoms with van der Waals surface area (Å²) in [5, 5.41) is 14.1. The molecule has 6 amide bonds. The third-order valence-corrected chi connectivity index (χ3v) is 8.91. The molecular formula is C42H52N6O11. The van der Waals surface area contributed by atoms with E-state index in [0.717, 1.165) is 11.1 Å². The van der Waals surface area contributed by atoms with Gasteiger partial charge in [0.05, 0.1) is 19.8 Å². The van der Waals surface area contributed by atoms with E-state index >= 15 is 0 Å². The highest BCUT2D eigenvalue weighted by Gasteiger charge is 2.30. The average Bonchev–Trinajstić information content (AvgIpc) is 3.20. The lowest BCUT2D eigenvalue weighted by atomic mass is 10.0. The van der Waals surface area contributed by atoms with Gasteiger partial charge in [-0.3, -0.25) is 14.4 Å². The lowest BCUT2D eigenvalue weighted by Crippen LogP contribution is -2.54. The Morgan fingerprint density at radius 1 is 0.814 bits per heavy atom. The van der Waals surface area contributed by atoms with E-state index in [0.29, 0.717) is 35.4 Å². The van der Waals surface area contributed by atoms with Crippen LogP contribution in [0.25, 0.3) is 11.0 Å². The highest BCUT2D eigenvalue weighted by Crippen LogP contribution is 2.28. The maximum absolute atomic E-state index is 13.7. The van der Waals surface area contributed by atoms with Gasteiger partial charge >= 0.3 is 17.7 Å². The van der Waals surface area contributed by atoms with Gasteiger partial charge in [0.1, 0.15) is 30.0 Å². The maximum atomic E-state index is 13.7. The number of nitrogens with one attached hydrogen (secondary N) is 5. The monoisotopic (exact) mass is 816 g/mol. The first-order valence-electron chi connectivity index (χ1n) is 19.1. The molecule has 17 heteroatoms. The number of anilines is 1. The van der Waals surface area contributed by atoms with E-state index in [-0.39, 0.29) is 50.8 Å². The summed E-state index contributed by atoms with van der Waals surface area (Å²) in [7, 11) is 1.56. The first-order chi connectivity index (χ1) is 28.3. The van der Waals surface area contributed by atoms with Crippen molar-refractivity contribution in [3.8, 4) is 5.75 Å². The second-order valence-electron chi connectivity index (χ2n) is 13.8. The van der Waals surface area contributed by atoms with Gasteiger partial charge in [-0.2, -0.15) is 0 Å². The van der Waals surface area contributed by atoms with Crippen LogP contribution in [0.15, 0.2) is 88.1 Å². The van der Waals surface area contributed by atoms with Crippen LogP contribution in [0.5, 0.6) is 5.75 Å². The van der Waals surface area contributed by atoms with Gasteiger partial charge in [-0.25, -0.2) is 14.4 Å². The van der Waals surface area contributed by atoms with Gasteiger partial charge in [-0.05, 0) is 61.1 Å². The summed E-state index contributed by atoms with van der Waals surface area (Å²) in [6, 6.07) is 18.9. The predicted octanol–water partition coefficient (Wildman–Crippen LogP) is 3.82. The van der Waals surface area contributed by atoms with Crippen LogP contribution < -0.4 is 42.7 Å². The lowest BCUT2D eigenvalue weighted by Gasteiger charge is -2.25. The second kappa shape index (κ2) is 23.1. The predicted molar refractivity (Wildman–Crippen MR) is 219 cm³/mol. The fraction of sp³-hybridized carbons (Fsp3) is 0.381. The van der Waals surface area contributed by atoms with Gasteiger partial charge in [0.15, 0.2) is 0 Å². The number of primary amides is 1. The van der Waals surface area contributed by atoms with E-state index in [4.69, 9.17) is 29.1 Å². The van der Waals surface area contributed by atoms with Crippen molar-refractivity contribution < 1.29 is 47.3 Å². The number of fused-ring (bicyclic) bond motifs is 1. The molecule has 0 aliphatic carbocycles. The first-order valence-corrected chi connectivity index (χ1v) is 19.1. The summed E-state index contributed by atoms with van der Waals surface area (Å²) in [5.74, 6) is -1.78. The fourth-order valence-electron chi connectivity index (χ4n) is 5.82. The van der Waals surface area contributed by atoms with Crippen molar-refractivity contribution >= 4 is 46.5 Å². The molecule has 316 valence electrons. The van der Waals surface area contributed by atoms with Crippen LogP contribution in [0.3, 0.4) is 0 Å². The van der Waals surface area contributed by atoms with E-state index in [1.165, 1.54) is 12.1 Å². The molecule has 3 aromatic carbocycles. The Morgan fingerprint density at radius 2 is 1.56 bits per heavy atom. The standard InChI is InChI=1S/C42H52N6O11/c1-26(2)36(48-42(54)57-25-28-9-6-5-7-10-28)39(51)47-33(11-8-18-45-41(43)53)38(50)46-30-14-12-29(13-15-30)37(40(52)44-19-20-56-22-21-55-4)58-31-16-17-32-27(3)23-35(49)59-34(32)24-31/h5-7,9-10,12-17,23-24,26,33,36-37H,8,11,18-22,25H2,1-4H3,(H,44,52)(H,46,50)(H,47,51)(H,48,54)(H3,43,45,53). The molecule has 0 saturated heterocycles. The topological polar surface area (TPSA) is 239 Å². The Labute approximate surface area is 341 Å². The molecule has 1 aromatic heterocycles. The number of carbonyl (C=O) groups excluding carboxylic acids is 5. The number of urea groups is 1. The smallest absolute Gasteiger partial charge is 0.408 e. The molecule has 0 fully saturated rings. The Balaban J connectivity index is 1.48. The molecule has 59 heavy (non-hydrogen) atoms. The zero-order valence-corrected chi connectivity index (χ0v) is 33.5. The van der Waals surface area contributed by atoms with Crippen LogP contribution in [-0.2, 0) is 35.2 Å². The number of amides is 6. The third kappa shape index (κ3) is 14.8. The lowest BCUT2D eigenvalue weighted by molar-refractivity contribution is -0.128. The van der Waals surface area contributed by atoms with Crippen molar-refractivity contribution in [2.45, 2.75) is 58.4 Å². The minimum absolute atomic E-state index is 0.000294. The molecule has 7 N–H and O–H groups in total. The van der Waals surface area contributed by atoms with Crippen LogP contribution in [0.2, 0.25) is 0 Å². The minimum atomic E-state index is -1.17. The first kappa shape index (κ1) is 45.2. The highest BCUT2D eigenvalue weighted by molar-refractivity contribution is 5.98. The molecule has 4 rings (SSSR count). The second-order valence-corrected chi connectivity index (χ2v) is 13.8. The fourth-order valence-corrected chi connectivity index (χ4v) is 5.82. The van der Waals surface area contributed by atoms with Crippen LogP contribution in [0, 0.1) is 12.8 Å². The normalized spacial score (nSPS) is 12.5. The zero-order valence-electron chi connectivity index (χ0n) is 33.5. The number of hydrogen-bond acceptors (Lipinski definition) is 11. The molecule has 1 heterocycles. The number of methoxy groups -OCH3 is 1. The average molecular weight is 817 g/mol. The molecular weight excluding hydrogens is 764 g/mol. The summed E-state index contributed by atoms with van der Waals surface area (Å²) in [5.41, 5.74) is 7.23. The van der Waals surface area contributed by atoms with Gasteiger partial charge in [0.25, 0.3) is 5.91 Å². The molecule has 3 unspecified atom stereocenters. The summed E-state index contributed by atoms with van der Waals surface area (Å²) >= 11 is 0. The van der Waals surface area contributed by atoms with Crippen LogP contribution in [0.4, 0.5) is 15.3 Å². The largest absolute Gasteiger partial charge is 0.476 e. The maximum Gasteiger partial charge on any atom is 0.408 e. The van der Waals surface area contributed by atoms with Crippen molar-refractivity contribution in [2.24, 2.45) is 11.7 Å². The van der Waals surface area contributed by atoms with E-state index in [2.05, 4.69) is 26.6 Å². The quantitative estimate of drug-likeness (QED) is 0.0492. The Kier molecular flexibility index (Phi) is 17.7. The number of hydrogen-bond donors (Lipinski definition) is 6. The highest BCUT2D eigenvalue weighted by atomic mass is 16.5. The van der Waals surface area contributed by atoms with Gasteiger partial charge in [0.2, 0.25) is 17.9 Å². The van der Waals surface area contributed by atoms with Gasteiger partial charge < -0.3 is 55.7 Å². The molecule has 4 aromatic rings. The molecule has 3 atom stereocenters. The van der Waals surface area contributed by atoms with Crippen LogP contribution >= 0.6 is 0 Å². The number of ether oxygens (including phenoxy) is 4. The molecule has 0 aliphatic heterocycles. The Hall–Kier alpha value is -6.46. The van der Waals surface area contributed by atoms with Crippen molar-refractivity contribution in [1.29, 1.82) is 0 Å².